The van der Waals surface area contributed by atoms with Crippen LogP contribution in [0.2, 0.25) is 0 Å². The van der Waals surface area contributed by atoms with Gasteiger partial charge in [-0.2, -0.15) is 0 Å². The smallest absolute Gasteiger partial charge is 0.302 e. The Morgan fingerprint density at radius 1 is 1.36 bits per heavy atom. The summed E-state index contributed by atoms with van der Waals surface area (Å²) in [6.07, 6.45) is 4.89. The van der Waals surface area contributed by atoms with E-state index in [1.165, 1.54) is 23.6 Å². The van der Waals surface area contributed by atoms with Crippen molar-refractivity contribution in [1.82, 2.24) is 0 Å². The molecule has 1 heterocycles. The molecular weight excluding hydrogens is 316 g/mol. The van der Waals surface area contributed by atoms with Gasteiger partial charge < -0.3 is 14.2 Å². The summed E-state index contributed by atoms with van der Waals surface area (Å²) in [4.78, 5) is 11.5. The molecule has 4 heteroatoms. The molecule has 1 aromatic rings. The van der Waals surface area contributed by atoms with Gasteiger partial charge in [0.15, 0.2) is 0 Å². The van der Waals surface area contributed by atoms with Crippen molar-refractivity contribution in [3.05, 3.63) is 41.0 Å². The molecule has 1 aliphatic heterocycles. The van der Waals surface area contributed by atoms with Gasteiger partial charge in [0, 0.05) is 30.4 Å². The van der Waals surface area contributed by atoms with E-state index < -0.39 is 0 Å². The van der Waals surface area contributed by atoms with Crippen molar-refractivity contribution >= 4 is 11.5 Å². The van der Waals surface area contributed by atoms with Crippen LogP contribution in [0.4, 0.5) is 0 Å². The fourth-order valence-electron chi connectivity index (χ4n) is 4.64. The summed E-state index contributed by atoms with van der Waals surface area (Å²) in [6.45, 7) is 5.81. The van der Waals surface area contributed by atoms with Crippen molar-refractivity contribution in [3.8, 4) is 11.5 Å². The lowest BCUT2D eigenvalue weighted by Crippen LogP contribution is -2.39. The van der Waals surface area contributed by atoms with Gasteiger partial charge in [-0.25, -0.2) is 0 Å². The lowest BCUT2D eigenvalue weighted by atomic mass is 9.66. The fraction of sp³-hybridized carbons (Fsp3) is 0.476. The number of fused-ring (bicyclic) bond motifs is 4. The Balaban J connectivity index is 1.78. The molecule has 0 spiro atoms. The monoisotopic (exact) mass is 340 g/mol. The lowest BCUT2D eigenvalue weighted by molar-refractivity contribution is -0.150. The molecule has 4 rings (SSSR count). The maximum absolute atomic E-state index is 11.5. The number of hydrogen-bond donors (Lipinski definition) is 0. The highest BCUT2D eigenvalue weighted by Gasteiger charge is 2.49. The first-order chi connectivity index (χ1) is 11.9. The fourth-order valence-corrected chi connectivity index (χ4v) is 4.64. The predicted molar refractivity (Wildman–Crippen MR) is 95.6 cm³/mol. The number of methoxy groups -OCH3 is 1. The summed E-state index contributed by atoms with van der Waals surface area (Å²) in [7, 11) is 1.67. The van der Waals surface area contributed by atoms with Crippen LogP contribution in [0.1, 0.15) is 45.6 Å². The number of benzene rings is 1. The molecule has 0 unspecified atom stereocenters. The molecule has 0 radical (unpaired) electrons. The minimum Gasteiger partial charge on any atom is -0.497 e. The predicted octanol–water partition coefficient (Wildman–Crippen LogP) is 4.29. The Morgan fingerprint density at radius 2 is 2.16 bits per heavy atom. The molecule has 0 saturated carbocycles. The number of rotatable bonds is 2. The van der Waals surface area contributed by atoms with Crippen molar-refractivity contribution in [2.45, 2.75) is 52.2 Å². The van der Waals surface area contributed by atoms with Crippen LogP contribution in [0.3, 0.4) is 0 Å². The zero-order valence-corrected chi connectivity index (χ0v) is 15.2. The molecule has 0 amide bonds. The van der Waals surface area contributed by atoms with E-state index in [0.717, 1.165) is 36.3 Å². The van der Waals surface area contributed by atoms with Crippen molar-refractivity contribution in [3.63, 3.8) is 0 Å². The lowest BCUT2D eigenvalue weighted by Gasteiger charge is -2.43. The first kappa shape index (κ1) is 16.2. The molecule has 0 fully saturated rings. The van der Waals surface area contributed by atoms with Gasteiger partial charge in [-0.1, -0.05) is 13.0 Å². The van der Waals surface area contributed by atoms with Crippen LogP contribution in [0.5, 0.6) is 11.5 Å². The first-order valence-electron chi connectivity index (χ1n) is 8.90. The number of esters is 1. The minimum absolute atomic E-state index is 0.0171. The molecule has 1 aromatic carbocycles. The zero-order chi connectivity index (χ0) is 17.8. The average molecular weight is 340 g/mol. The second-order valence-corrected chi connectivity index (χ2v) is 7.38. The maximum atomic E-state index is 11.5. The van der Waals surface area contributed by atoms with Gasteiger partial charge in [-0.15, -0.1) is 0 Å². The van der Waals surface area contributed by atoms with Crippen molar-refractivity contribution in [2.75, 3.05) is 7.11 Å². The van der Waals surface area contributed by atoms with Crippen LogP contribution < -0.4 is 9.47 Å². The number of ether oxygens (including phenoxy) is 3. The number of hydrogen-bond acceptors (Lipinski definition) is 4. The molecule has 25 heavy (non-hydrogen) atoms. The maximum Gasteiger partial charge on any atom is 0.302 e. The van der Waals surface area contributed by atoms with E-state index in [0.29, 0.717) is 0 Å². The summed E-state index contributed by atoms with van der Waals surface area (Å²) in [5.74, 6) is 1.50. The summed E-state index contributed by atoms with van der Waals surface area (Å²) in [6, 6.07) is 6.05. The summed E-state index contributed by atoms with van der Waals surface area (Å²) in [5.41, 5.74) is 4.98. The number of carbonyl (C=O) groups excluding carboxylic acids is 1. The number of allylic oxidation sites excluding steroid dienone is 1. The van der Waals surface area contributed by atoms with Gasteiger partial charge in [-0.05, 0) is 48.6 Å². The zero-order valence-electron chi connectivity index (χ0n) is 15.2. The molecule has 2 aliphatic carbocycles. The summed E-state index contributed by atoms with van der Waals surface area (Å²) in [5, 5.41) is 0. The highest BCUT2D eigenvalue weighted by Crippen LogP contribution is 2.57. The van der Waals surface area contributed by atoms with Gasteiger partial charge in [-0.3, -0.25) is 4.79 Å². The van der Waals surface area contributed by atoms with E-state index in [9.17, 15) is 4.79 Å². The van der Waals surface area contributed by atoms with Gasteiger partial charge in [0.2, 0.25) is 0 Å². The highest BCUT2D eigenvalue weighted by molar-refractivity contribution is 5.81. The normalized spacial score (nSPS) is 29.8. The van der Waals surface area contributed by atoms with E-state index in [-0.39, 0.29) is 23.6 Å². The van der Waals surface area contributed by atoms with Crippen LogP contribution >= 0.6 is 0 Å². The third-order valence-electron chi connectivity index (χ3n) is 5.90. The third kappa shape index (κ3) is 2.38. The Bertz CT molecular complexity index is 804. The van der Waals surface area contributed by atoms with Gasteiger partial charge in [0.1, 0.15) is 23.7 Å². The third-order valence-corrected chi connectivity index (χ3v) is 5.90. The summed E-state index contributed by atoms with van der Waals surface area (Å²) < 4.78 is 17.2. The highest BCUT2D eigenvalue weighted by atomic mass is 16.5. The van der Waals surface area contributed by atoms with Crippen LogP contribution in [-0.2, 0) is 9.53 Å². The van der Waals surface area contributed by atoms with E-state index >= 15 is 0 Å². The van der Waals surface area contributed by atoms with Gasteiger partial charge in [0.05, 0.1) is 7.11 Å². The van der Waals surface area contributed by atoms with Gasteiger partial charge in [0.25, 0.3) is 0 Å². The largest absolute Gasteiger partial charge is 0.497 e. The molecule has 132 valence electrons. The average Bonchev–Trinajstić information content (AvgIpc) is 2.90. The molecule has 3 aliphatic rings. The topological polar surface area (TPSA) is 44.8 Å². The molecule has 0 aromatic heterocycles. The Labute approximate surface area is 148 Å². The Kier molecular flexibility index (Phi) is 3.67. The molecule has 0 bridgehead atoms. The second kappa shape index (κ2) is 5.65. The van der Waals surface area contributed by atoms with E-state index in [4.69, 9.17) is 14.2 Å². The quantitative estimate of drug-likeness (QED) is 0.753. The van der Waals surface area contributed by atoms with E-state index in [2.05, 4.69) is 26.0 Å². The van der Waals surface area contributed by atoms with Crippen molar-refractivity contribution in [2.24, 2.45) is 5.41 Å². The van der Waals surface area contributed by atoms with Crippen LogP contribution in [0.15, 0.2) is 35.4 Å². The number of carbonyl (C=O) groups is 1. The van der Waals surface area contributed by atoms with Crippen molar-refractivity contribution in [1.29, 1.82) is 0 Å². The van der Waals surface area contributed by atoms with Crippen molar-refractivity contribution < 1.29 is 19.0 Å². The molecule has 4 nitrogen and oxygen atoms in total. The van der Waals surface area contributed by atoms with Gasteiger partial charge >= 0.3 is 5.97 Å². The van der Waals surface area contributed by atoms with Crippen LogP contribution in [-0.4, -0.2) is 25.3 Å². The van der Waals surface area contributed by atoms with E-state index in [1.807, 2.05) is 12.1 Å². The SMILES string of the molecule is COc1ccc2c(c1)O[C@H](C)C1=C2CC[C@]2(C)C1=CC[C@@H]2OC(C)=O. The van der Waals surface area contributed by atoms with Crippen LogP contribution in [0.25, 0.3) is 5.57 Å². The first-order valence-corrected chi connectivity index (χ1v) is 8.90. The Hall–Kier alpha value is -2.23. The minimum atomic E-state index is -0.203. The molecule has 0 saturated heterocycles. The van der Waals surface area contributed by atoms with Crippen LogP contribution in [0, 0.1) is 5.41 Å². The molecular formula is C21H24O4. The molecule has 0 N–H and O–H groups in total. The standard InChI is InChI=1S/C21H24O4/c1-12-20-16(15-6-5-14(23-4)11-18(15)24-12)9-10-21(3)17(20)7-8-19(21)25-13(2)22/h5-7,11-12,19H,8-10H2,1-4H3/t12-,19+,21-/m1/s1. The Morgan fingerprint density at radius 3 is 2.88 bits per heavy atom. The van der Waals surface area contributed by atoms with E-state index in [1.54, 1.807) is 7.11 Å². The summed E-state index contributed by atoms with van der Waals surface area (Å²) >= 11 is 0. The molecule has 3 atom stereocenters. The second-order valence-electron chi connectivity index (χ2n) is 7.38.